The molecule has 0 aliphatic carbocycles. The molecule has 1 atom stereocenters. The van der Waals surface area contributed by atoms with Gasteiger partial charge in [0.15, 0.2) is 5.78 Å². The van der Waals surface area contributed by atoms with Crippen molar-refractivity contribution in [1.82, 2.24) is 4.90 Å². The second-order valence-electron chi connectivity index (χ2n) is 5.56. The van der Waals surface area contributed by atoms with Gasteiger partial charge in [0.2, 0.25) is 0 Å². The Labute approximate surface area is 134 Å². The first kappa shape index (κ1) is 17.9. The highest BCUT2D eigenvalue weighted by Gasteiger charge is 2.36. The van der Waals surface area contributed by atoms with Crippen LogP contribution in [0.5, 0.6) is 0 Å². The average molecular weight is 330 g/mol. The Balaban J connectivity index is 2.94. The van der Waals surface area contributed by atoms with Gasteiger partial charge in [0.05, 0.1) is 5.88 Å². The maximum atomic E-state index is 12.1. The van der Waals surface area contributed by atoms with Crippen LogP contribution in [0.3, 0.4) is 0 Å². The van der Waals surface area contributed by atoms with Gasteiger partial charge in [-0.1, -0.05) is 18.2 Å². The minimum atomic E-state index is -1.11. The van der Waals surface area contributed by atoms with Crippen molar-refractivity contribution in [3.05, 3.63) is 30.3 Å². The largest absolute Gasteiger partial charge is 0.465 e. The molecule has 21 heavy (non-hydrogen) atoms. The molecule has 0 bridgehead atoms. The molecule has 0 radical (unpaired) electrons. The van der Waals surface area contributed by atoms with Gasteiger partial charge in [-0.05, 0) is 32.9 Å². The van der Waals surface area contributed by atoms with Crippen molar-refractivity contribution < 1.29 is 14.7 Å². The summed E-state index contributed by atoms with van der Waals surface area (Å²) in [6.07, 6.45) is -1.11. The summed E-state index contributed by atoms with van der Waals surface area (Å²) in [5.41, 5.74) is -0.671. The lowest BCUT2D eigenvalue weighted by Gasteiger charge is -2.38. The second kappa shape index (κ2) is 7.71. The van der Waals surface area contributed by atoms with Crippen LogP contribution in [0.15, 0.2) is 35.2 Å². The van der Waals surface area contributed by atoms with E-state index in [4.69, 9.17) is 11.6 Å². The number of halogens is 1. The molecule has 0 fully saturated rings. The fourth-order valence-electron chi connectivity index (χ4n) is 1.98. The number of rotatable bonds is 6. The third kappa shape index (κ3) is 5.25. The van der Waals surface area contributed by atoms with Gasteiger partial charge in [-0.25, -0.2) is 4.79 Å². The van der Waals surface area contributed by atoms with Gasteiger partial charge >= 0.3 is 6.09 Å². The van der Waals surface area contributed by atoms with Gasteiger partial charge < -0.3 is 5.11 Å². The number of alkyl halides is 1. The number of hydrogen-bond donors (Lipinski definition) is 1. The molecule has 0 heterocycles. The molecule has 0 saturated carbocycles. The number of hydrogen-bond acceptors (Lipinski definition) is 3. The van der Waals surface area contributed by atoms with Crippen molar-refractivity contribution in [2.24, 2.45) is 0 Å². The van der Waals surface area contributed by atoms with E-state index in [0.717, 1.165) is 4.90 Å². The topological polar surface area (TPSA) is 57.6 Å². The Morgan fingerprint density at radius 3 is 2.29 bits per heavy atom. The van der Waals surface area contributed by atoms with Crippen molar-refractivity contribution in [2.75, 3.05) is 11.6 Å². The standard InChI is InChI=1S/C15H20ClNO3S/c1-15(2,3)17(14(19)20)12(13(18)9-16)10-21-11-7-5-4-6-8-11/h4-8,12H,9-10H2,1-3H3,(H,19,20)/t12-/m1/s1. The Hall–Kier alpha value is -1.20. The normalized spacial score (nSPS) is 12.8. The molecule has 116 valence electrons. The third-order valence-electron chi connectivity index (χ3n) is 2.89. The van der Waals surface area contributed by atoms with Crippen LogP contribution in [0, 0.1) is 0 Å². The first-order valence-corrected chi connectivity index (χ1v) is 8.08. The first-order chi connectivity index (χ1) is 9.77. The number of ketones is 1. The summed E-state index contributed by atoms with van der Waals surface area (Å²) in [4.78, 5) is 25.8. The van der Waals surface area contributed by atoms with Crippen LogP contribution >= 0.6 is 23.4 Å². The van der Waals surface area contributed by atoms with Gasteiger partial charge in [-0.15, -0.1) is 23.4 Å². The fraction of sp³-hybridized carbons (Fsp3) is 0.467. The lowest BCUT2D eigenvalue weighted by atomic mass is 10.0. The van der Waals surface area contributed by atoms with E-state index < -0.39 is 17.7 Å². The second-order valence-corrected chi connectivity index (χ2v) is 6.92. The molecule has 0 aromatic heterocycles. The molecule has 1 N–H and O–H groups in total. The zero-order valence-corrected chi connectivity index (χ0v) is 13.9. The van der Waals surface area contributed by atoms with E-state index in [1.807, 2.05) is 30.3 Å². The zero-order chi connectivity index (χ0) is 16.0. The monoisotopic (exact) mass is 329 g/mol. The van der Waals surface area contributed by atoms with E-state index in [2.05, 4.69) is 0 Å². The van der Waals surface area contributed by atoms with Crippen LogP contribution in [0.25, 0.3) is 0 Å². The van der Waals surface area contributed by atoms with Crippen LogP contribution in [0.2, 0.25) is 0 Å². The number of thioether (sulfide) groups is 1. The number of benzene rings is 1. The van der Waals surface area contributed by atoms with Crippen LogP contribution in [0.4, 0.5) is 4.79 Å². The highest BCUT2D eigenvalue weighted by atomic mass is 35.5. The molecule has 4 nitrogen and oxygen atoms in total. The quantitative estimate of drug-likeness (QED) is 0.638. The summed E-state index contributed by atoms with van der Waals surface area (Å²) < 4.78 is 0. The highest BCUT2D eigenvalue weighted by molar-refractivity contribution is 7.99. The Kier molecular flexibility index (Phi) is 6.55. The van der Waals surface area contributed by atoms with Gasteiger partial charge in [-0.2, -0.15) is 0 Å². The molecular formula is C15H20ClNO3S. The number of carbonyl (C=O) groups is 2. The highest BCUT2D eigenvalue weighted by Crippen LogP contribution is 2.25. The molecule has 1 aromatic carbocycles. The van der Waals surface area contributed by atoms with Crippen LogP contribution in [0.1, 0.15) is 20.8 Å². The number of nitrogens with zero attached hydrogens (tertiary/aromatic N) is 1. The summed E-state index contributed by atoms with van der Waals surface area (Å²) in [6, 6.07) is 8.80. The van der Waals surface area contributed by atoms with Crippen LogP contribution < -0.4 is 0 Å². The zero-order valence-electron chi connectivity index (χ0n) is 12.4. The minimum absolute atomic E-state index is 0.195. The van der Waals surface area contributed by atoms with Crippen molar-refractivity contribution in [3.63, 3.8) is 0 Å². The lowest BCUT2D eigenvalue weighted by Crippen LogP contribution is -2.55. The van der Waals surface area contributed by atoms with E-state index in [1.54, 1.807) is 20.8 Å². The molecule has 0 unspecified atom stereocenters. The molecule has 0 saturated heterocycles. The maximum Gasteiger partial charge on any atom is 0.408 e. The first-order valence-electron chi connectivity index (χ1n) is 6.56. The number of carbonyl (C=O) groups excluding carboxylic acids is 1. The predicted octanol–water partition coefficient (Wildman–Crippen LogP) is 3.73. The summed E-state index contributed by atoms with van der Waals surface area (Å²) >= 11 is 7.10. The lowest BCUT2D eigenvalue weighted by molar-refractivity contribution is -0.122. The van der Waals surface area contributed by atoms with E-state index >= 15 is 0 Å². The predicted molar refractivity (Wildman–Crippen MR) is 86.3 cm³/mol. The summed E-state index contributed by atoms with van der Waals surface area (Å²) in [5.74, 6) is -0.128. The smallest absolute Gasteiger partial charge is 0.408 e. The van der Waals surface area contributed by atoms with Crippen molar-refractivity contribution in [2.45, 2.75) is 37.2 Å². The molecule has 0 spiro atoms. The fourth-order valence-corrected chi connectivity index (χ4v) is 3.19. The molecule has 6 heteroatoms. The van der Waals surface area contributed by atoms with E-state index in [-0.39, 0.29) is 11.7 Å². The third-order valence-corrected chi connectivity index (χ3v) is 4.25. The molecule has 1 aromatic rings. The van der Waals surface area contributed by atoms with Crippen molar-refractivity contribution in [1.29, 1.82) is 0 Å². The van der Waals surface area contributed by atoms with E-state index in [0.29, 0.717) is 5.75 Å². The Morgan fingerprint density at radius 1 is 1.29 bits per heavy atom. The van der Waals surface area contributed by atoms with Gasteiger partial charge in [0.1, 0.15) is 6.04 Å². The molecule has 1 rings (SSSR count). The van der Waals surface area contributed by atoms with Crippen molar-refractivity contribution >= 4 is 35.2 Å². The van der Waals surface area contributed by atoms with Gasteiger partial charge in [0.25, 0.3) is 0 Å². The van der Waals surface area contributed by atoms with Gasteiger partial charge in [0, 0.05) is 16.2 Å². The number of amides is 1. The van der Waals surface area contributed by atoms with Crippen molar-refractivity contribution in [3.8, 4) is 0 Å². The Morgan fingerprint density at radius 2 is 1.86 bits per heavy atom. The van der Waals surface area contributed by atoms with E-state index in [9.17, 15) is 14.7 Å². The maximum absolute atomic E-state index is 12.1. The van der Waals surface area contributed by atoms with E-state index in [1.165, 1.54) is 16.7 Å². The minimum Gasteiger partial charge on any atom is -0.465 e. The SMILES string of the molecule is CC(C)(C)N(C(=O)O)[C@H](CSc1ccccc1)C(=O)CCl. The van der Waals surface area contributed by atoms with Gasteiger partial charge in [-0.3, -0.25) is 9.69 Å². The number of Topliss-reactive ketones (excluding diaryl/α,β-unsaturated/α-hetero) is 1. The molecule has 1 amide bonds. The Bertz CT molecular complexity index is 487. The van der Waals surface area contributed by atoms with Crippen LogP contribution in [-0.4, -0.2) is 45.1 Å². The number of carboxylic acid groups (broad SMARTS) is 1. The summed E-state index contributed by atoms with van der Waals surface area (Å²) in [7, 11) is 0. The van der Waals surface area contributed by atoms with Crippen LogP contribution in [-0.2, 0) is 4.79 Å². The molecule has 0 aliphatic heterocycles. The molecular weight excluding hydrogens is 310 g/mol. The average Bonchev–Trinajstić information content (AvgIpc) is 2.41. The summed E-state index contributed by atoms with van der Waals surface area (Å²) in [6.45, 7) is 5.30. The molecule has 0 aliphatic rings. The summed E-state index contributed by atoms with van der Waals surface area (Å²) in [5, 5.41) is 9.44.